The molecule has 1 aromatic rings. The molecular formula is C13H21N3O2. The van der Waals surface area contributed by atoms with Gasteiger partial charge in [0.1, 0.15) is 12.1 Å². The quantitative estimate of drug-likeness (QED) is 0.840. The van der Waals surface area contributed by atoms with Gasteiger partial charge in [-0.05, 0) is 25.7 Å². The Labute approximate surface area is 108 Å². The molecule has 1 fully saturated rings. The van der Waals surface area contributed by atoms with Crippen LogP contribution in [0.2, 0.25) is 0 Å². The van der Waals surface area contributed by atoms with Crippen molar-refractivity contribution in [1.82, 2.24) is 9.97 Å². The Hall–Kier alpha value is -1.36. The fraction of sp³-hybridized carbons (Fsp3) is 0.692. The van der Waals surface area contributed by atoms with Crippen LogP contribution in [0.3, 0.4) is 0 Å². The summed E-state index contributed by atoms with van der Waals surface area (Å²) >= 11 is 0. The van der Waals surface area contributed by atoms with Crippen LogP contribution >= 0.6 is 0 Å². The molecule has 5 heteroatoms. The maximum Gasteiger partial charge on any atom is 0.218 e. The Morgan fingerprint density at radius 1 is 1.39 bits per heavy atom. The van der Waals surface area contributed by atoms with Crippen LogP contribution in [-0.4, -0.2) is 35.8 Å². The highest BCUT2D eigenvalue weighted by Crippen LogP contribution is 2.24. The Morgan fingerprint density at radius 2 is 2.28 bits per heavy atom. The van der Waals surface area contributed by atoms with Gasteiger partial charge in [-0.15, -0.1) is 0 Å². The lowest BCUT2D eigenvalue weighted by molar-refractivity contribution is 0.108. The lowest BCUT2D eigenvalue weighted by Gasteiger charge is -2.13. The van der Waals surface area contributed by atoms with Crippen molar-refractivity contribution in [3.05, 3.63) is 12.4 Å². The van der Waals surface area contributed by atoms with E-state index < -0.39 is 0 Å². The van der Waals surface area contributed by atoms with E-state index in [0.717, 1.165) is 31.5 Å². The average molecular weight is 251 g/mol. The van der Waals surface area contributed by atoms with Gasteiger partial charge in [0, 0.05) is 19.2 Å². The second-order valence-electron chi connectivity index (χ2n) is 4.60. The number of nitrogens with one attached hydrogen (secondary N) is 1. The highest BCUT2D eigenvalue weighted by atomic mass is 16.5. The summed E-state index contributed by atoms with van der Waals surface area (Å²) in [5, 5.41) is 3.41. The number of methoxy groups -OCH3 is 1. The minimum Gasteiger partial charge on any atom is -0.478 e. The predicted molar refractivity (Wildman–Crippen MR) is 69.9 cm³/mol. The third kappa shape index (κ3) is 3.57. The zero-order chi connectivity index (χ0) is 12.8. The molecule has 0 amide bonds. The van der Waals surface area contributed by atoms with Gasteiger partial charge < -0.3 is 14.8 Å². The van der Waals surface area contributed by atoms with E-state index in [1.54, 1.807) is 7.11 Å². The fourth-order valence-electron chi connectivity index (χ4n) is 2.20. The van der Waals surface area contributed by atoms with E-state index in [1.807, 2.05) is 6.07 Å². The van der Waals surface area contributed by atoms with Crippen LogP contribution in [0.5, 0.6) is 5.88 Å². The standard InChI is InChI=1S/C13H21N3O2/c1-3-6-18-13-8-12(14-9-15-13)16-10-4-5-11(7-10)17-2/h8-11H,3-7H2,1-2H3,(H,14,15,16). The normalized spacial score (nSPS) is 23.0. The van der Waals surface area contributed by atoms with Gasteiger partial charge in [0.15, 0.2) is 0 Å². The summed E-state index contributed by atoms with van der Waals surface area (Å²) < 4.78 is 10.8. The Bertz CT molecular complexity index is 373. The molecule has 1 aromatic heterocycles. The van der Waals surface area contributed by atoms with E-state index in [9.17, 15) is 0 Å². The van der Waals surface area contributed by atoms with Gasteiger partial charge >= 0.3 is 0 Å². The lowest BCUT2D eigenvalue weighted by atomic mass is 10.2. The zero-order valence-corrected chi connectivity index (χ0v) is 11.1. The fourth-order valence-corrected chi connectivity index (χ4v) is 2.20. The van der Waals surface area contributed by atoms with Crippen LogP contribution in [0.25, 0.3) is 0 Å². The van der Waals surface area contributed by atoms with Crippen LogP contribution in [-0.2, 0) is 4.74 Å². The van der Waals surface area contributed by atoms with E-state index in [-0.39, 0.29) is 0 Å². The van der Waals surface area contributed by atoms with E-state index in [2.05, 4.69) is 22.2 Å². The highest BCUT2D eigenvalue weighted by molar-refractivity contribution is 5.38. The molecular weight excluding hydrogens is 230 g/mol. The third-order valence-electron chi connectivity index (χ3n) is 3.17. The van der Waals surface area contributed by atoms with Gasteiger partial charge in [-0.25, -0.2) is 9.97 Å². The van der Waals surface area contributed by atoms with Gasteiger partial charge in [0.25, 0.3) is 0 Å². The van der Waals surface area contributed by atoms with Crippen LogP contribution in [0.1, 0.15) is 32.6 Å². The number of hydrogen-bond acceptors (Lipinski definition) is 5. The molecule has 5 nitrogen and oxygen atoms in total. The molecule has 2 atom stereocenters. The van der Waals surface area contributed by atoms with Crippen molar-refractivity contribution in [2.45, 2.75) is 44.8 Å². The van der Waals surface area contributed by atoms with Crippen molar-refractivity contribution in [1.29, 1.82) is 0 Å². The first kappa shape index (κ1) is 13.1. The molecule has 0 aromatic carbocycles. The van der Waals surface area contributed by atoms with Crippen molar-refractivity contribution in [3.8, 4) is 5.88 Å². The van der Waals surface area contributed by atoms with Crippen molar-refractivity contribution in [2.75, 3.05) is 19.0 Å². The summed E-state index contributed by atoms with van der Waals surface area (Å²) in [7, 11) is 1.77. The maximum atomic E-state index is 5.49. The molecule has 0 bridgehead atoms. The topological polar surface area (TPSA) is 56.3 Å². The minimum absolute atomic E-state index is 0.375. The molecule has 100 valence electrons. The summed E-state index contributed by atoms with van der Waals surface area (Å²) in [6.45, 7) is 2.76. The number of anilines is 1. The summed E-state index contributed by atoms with van der Waals surface area (Å²) in [6, 6.07) is 2.29. The van der Waals surface area contributed by atoms with Gasteiger partial charge in [-0.1, -0.05) is 6.92 Å². The molecule has 2 rings (SSSR count). The first-order valence-electron chi connectivity index (χ1n) is 6.56. The van der Waals surface area contributed by atoms with Gasteiger partial charge in [0.2, 0.25) is 5.88 Å². The van der Waals surface area contributed by atoms with Crippen molar-refractivity contribution in [2.24, 2.45) is 0 Å². The first-order valence-corrected chi connectivity index (χ1v) is 6.56. The Morgan fingerprint density at radius 3 is 3.00 bits per heavy atom. The molecule has 0 radical (unpaired) electrons. The number of hydrogen-bond donors (Lipinski definition) is 1. The SMILES string of the molecule is CCCOc1cc(NC2CCC(OC)C2)ncn1. The maximum absolute atomic E-state index is 5.49. The second-order valence-corrected chi connectivity index (χ2v) is 4.60. The lowest BCUT2D eigenvalue weighted by Crippen LogP contribution is -2.18. The first-order chi connectivity index (χ1) is 8.81. The van der Waals surface area contributed by atoms with Gasteiger partial charge in [-0.2, -0.15) is 0 Å². The van der Waals surface area contributed by atoms with Gasteiger partial charge in [-0.3, -0.25) is 0 Å². The van der Waals surface area contributed by atoms with Crippen LogP contribution < -0.4 is 10.1 Å². The molecule has 1 N–H and O–H groups in total. The van der Waals surface area contributed by atoms with Crippen molar-refractivity contribution in [3.63, 3.8) is 0 Å². The summed E-state index contributed by atoms with van der Waals surface area (Å²) in [6.07, 6.45) is 6.15. The molecule has 0 spiro atoms. The Balaban J connectivity index is 1.89. The second kappa shape index (κ2) is 6.54. The summed E-state index contributed by atoms with van der Waals surface area (Å²) in [4.78, 5) is 8.30. The van der Waals surface area contributed by atoms with Crippen LogP contribution in [0.15, 0.2) is 12.4 Å². The number of aromatic nitrogens is 2. The number of rotatable bonds is 6. The zero-order valence-electron chi connectivity index (χ0n) is 11.1. The molecule has 1 aliphatic carbocycles. The van der Waals surface area contributed by atoms with Crippen molar-refractivity contribution >= 4 is 5.82 Å². The Kier molecular flexibility index (Phi) is 4.75. The molecule has 18 heavy (non-hydrogen) atoms. The largest absolute Gasteiger partial charge is 0.478 e. The summed E-state index contributed by atoms with van der Waals surface area (Å²) in [5.41, 5.74) is 0. The smallest absolute Gasteiger partial charge is 0.218 e. The van der Waals surface area contributed by atoms with E-state index in [1.165, 1.54) is 6.33 Å². The van der Waals surface area contributed by atoms with E-state index in [4.69, 9.17) is 9.47 Å². The highest BCUT2D eigenvalue weighted by Gasteiger charge is 2.24. The van der Waals surface area contributed by atoms with E-state index in [0.29, 0.717) is 24.6 Å². The third-order valence-corrected chi connectivity index (χ3v) is 3.17. The van der Waals surface area contributed by atoms with Crippen LogP contribution in [0, 0.1) is 0 Å². The summed E-state index contributed by atoms with van der Waals surface area (Å²) in [5.74, 6) is 1.47. The number of nitrogens with zero attached hydrogens (tertiary/aromatic N) is 2. The van der Waals surface area contributed by atoms with Crippen LogP contribution in [0.4, 0.5) is 5.82 Å². The molecule has 1 heterocycles. The molecule has 0 saturated heterocycles. The van der Waals surface area contributed by atoms with Crippen molar-refractivity contribution < 1.29 is 9.47 Å². The molecule has 1 aliphatic rings. The molecule has 1 saturated carbocycles. The predicted octanol–water partition coefficient (Wildman–Crippen LogP) is 2.24. The molecule has 2 unspecified atom stereocenters. The average Bonchev–Trinajstić information content (AvgIpc) is 2.84. The minimum atomic E-state index is 0.375. The van der Waals surface area contributed by atoms with Gasteiger partial charge in [0.05, 0.1) is 12.7 Å². The molecule has 0 aliphatic heterocycles. The number of ether oxygens (including phenoxy) is 2. The van der Waals surface area contributed by atoms with E-state index >= 15 is 0 Å². The monoisotopic (exact) mass is 251 g/mol.